The number of methoxy groups -OCH3 is 2. The van der Waals surface area contributed by atoms with Gasteiger partial charge in [0.2, 0.25) is 23.4 Å². The molecule has 0 saturated heterocycles. The van der Waals surface area contributed by atoms with Crippen molar-refractivity contribution in [2.75, 3.05) is 14.2 Å². The first-order valence-electron chi connectivity index (χ1n) is 5.83. The lowest BCUT2D eigenvalue weighted by molar-refractivity contribution is 0.102. The molecule has 0 aliphatic rings. The predicted molar refractivity (Wildman–Crippen MR) is 74.8 cm³/mol. The van der Waals surface area contributed by atoms with Gasteiger partial charge in [0.1, 0.15) is 0 Å². The maximum Gasteiger partial charge on any atom is 0.230 e. The molecule has 1 aromatic carbocycles. The Balaban J connectivity index is 2.50. The minimum atomic E-state index is -0.331. The van der Waals surface area contributed by atoms with Crippen LogP contribution < -0.4 is 9.47 Å². The van der Waals surface area contributed by atoms with Crippen molar-refractivity contribution in [3.63, 3.8) is 0 Å². The molecule has 104 valence electrons. The molecule has 0 aliphatic heterocycles. The molecule has 1 heterocycles. The molecule has 2 aromatic rings. The summed E-state index contributed by atoms with van der Waals surface area (Å²) in [5.74, 6) is 0.202. The van der Waals surface area contributed by atoms with Gasteiger partial charge in [0.05, 0.1) is 20.3 Å². The number of carbonyl (C=O) groups excluding carboxylic acids is 1. The van der Waals surface area contributed by atoms with E-state index in [2.05, 4.69) is 9.97 Å². The van der Waals surface area contributed by atoms with Crippen LogP contribution >= 0.6 is 11.6 Å². The van der Waals surface area contributed by atoms with E-state index >= 15 is 0 Å². The molecule has 0 unspecified atom stereocenters. The maximum absolute atomic E-state index is 12.5. The highest BCUT2D eigenvalue weighted by Gasteiger charge is 2.18. The average molecular weight is 293 g/mol. The molecule has 0 radical (unpaired) electrons. The second kappa shape index (κ2) is 5.88. The molecular formula is C14H13ClN2O3. The highest BCUT2D eigenvalue weighted by molar-refractivity contribution is 6.32. The van der Waals surface area contributed by atoms with Gasteiger partial charge in [-0.25, -0.2) is 0 Å². The van der Waals surface area contributed by atoms with Crippen LogP contribution in [-0.2, 0) is 0 Å². The number of hydrogen-bond donors (Lipinski definition) is 0. The first kappa shape index (κ1) is 14.3. The SMILES string of the molecule is COc1cc(OC)nc(C(=O)c2cccc(Cl)c2C)n1. The summed E-state index contributed by atoms with van der Waals surface area (Å²) >= 11 is 6.02. The molecule has 0 amide bonds. The van der Waals surface area contributed by atoms with Gasteiger partial charge in [-0.1, -0.05) is 23.7 Å². The standard InChI is InChI=1S/C14H13ClN2O3/c1-8-9(5-4-6-10(8)15)13(18)14-16-11(19-2)7-12(17-14)20-3/h4-7H,1-3H3. The van der Waals surface area contributed by atoms with Crippen LogP contribution in [0.1, 0.15) is 21.7 Å². The van der Waals surface area contributed by atoms with E-state index in [1.807, 2.05) is 0 Å². The monoisotopic (exact) mass is 292 g/mol. The normalized spacial score (nSPS) is 10.2. The number of nitrogens with zero attached hydrogens (tertiary/aromatic N) is 2. The number of ether oxygens (including phenoxy) is 2. The van der Waals surface area contributed by atoms with Gasteiger partial charge >= 0.3 is 0 Å². The Hall–Kier alpha value is -2.14. The zero-order valence-electron chi connectivity index (χ0n) is 11.3. The first-order valence-corrected chi connectivity index (χ1v) is 6.21. The molecule has 5 nitrogen and oxygen atoms in total. The Bertz CT molecular complexity index is 637. The molecule has 0 N–H and O–H groups in total. The number of hydrogen-bond acceptors (Lipinski definition) is 5. The molecule has 0 saturated carbocycles. The highest BCUT2D eigenvalue weighted by atomic mass is 35.5. The molecule has 6 heteroatoms. The molecule has 0 fully saturated rings. The van der Waals surface area contributed by atoms with Gasteiger partial charge in [0, 0.05) is 10.6 Å². The molecule has 1 aromatic heterocycles. The summed E-state index contributed by atoms with van der Waals surface area (Å²) in [5, 5.41) is 0.519. The zero-order valence-corrected chi connectivity index (χ0v) is 12.1. The predicted octanol–water partition coefficient (Wildman–Crippen LogP) is 2.69. The van der Waals surface area contributed by atoms with Gasteiger partial charge < -0.3 is 9.47 Å². The second-order valence-corrected chi connectivity index (χ2v) is 4.42. The Labute approximate surface area is 121 Å². The van der Waals surface area contributed by atoms with Crippen molar-refractivity contribution >= 4 is 17.4 Å². The number of rotatable bonds is 4. The average Bonchev–Trinajstić information content (AvgIpc) is 2.48. The van der Waals surface area contributed by atoms with Crippen molar-refractivity contribution < 1.29 is 14.3 Å². The number of halogens is 1. The van der Waals surface area contributed by atoms with Gasteiger partial charge in [0.25, 0.3) is 0 Å². The molecule has 20 heavy (non-hydrogen) atoms. The van der Waals surface area contributed by atoms with Crippen molar-refractivity contribution in [1.82, 2.24) is 9.97 Å². The molecule has 0 spiro atoms. The Morgan fingerprint density at radius 2 is 1.75 bits per heavy atom. The Morgan fingerprint density at radius 3 is 2.30 bits per heavy atom. The third kappa shape index (κ3) is 2.72. The summed E-state index contributed by atoms with van der Waals surface area (Å²) in [7, 11) is 2.92. The van der Waals surface area contributed by atoms with Crippen LogP contribution in [0.5, 0.6) is 11.8 Å². The number of benzene rings is 1. The number of carbonyl (C=O) groups is 1. The fraction of sp³-hybridized carbons (Fsp3) is 0.214. The van der Waals surface area contributed by atoms with Crippen LogP contribution in [0.4, 0.5) is 0 Å². The van der Waals surface area contributed by atoms with Crippen LogP contribution in [0, 0.1) is 6.92 Å². The van der Waals surface area contributed by atoms with Crippen molar-refractivity contribution in [3.8, 4) is 11.8 Å². The minimum Gasteiger partial charge on any atom is -0.481 e. The number of aromatic nitrogens is 2. The highest BCUT2D eigenvalue weighted by Crippen LogP contribution is 2.22. The van der Waals surface area contributed by atoms with Crippen molar-refractivity contribution in [3.05, 3.63) is 46.2 Å². The van der Waals surface area contributed by atoms with E-state index in [9.17, 15) is 4.79 Å². The van der Waals surface area contributed by atoms with Crippen LogP contribution in [-0.4, -0.2) is 30.0 Å². The number of ketones is 1. The molecular weight excluding hydrogens is 280 g/mol. The van der Waals surface area contributed by atoms with Gasteiger partial charge in [0.15, 0.2) is 0 Å². The van der Waals surface area contributed by atoms with E-state index in [0.29, 0.717) is 16.1 Å². The topological polar surface area (TPSA) is 61.3 Å². The van der Waals surface area contributed by atoms with Crippen LogP contribution in [0.2, 0.25) is 5.02 Å². The maximum atomic E-state index is 12.5. The summed E-state index contributed by atoms with van der Waals surface area (Å²) in [6.07, 6.45) is 0. The van der Waals surface area contributed by atoms with E-state index in [0.717, 1.165) is 0 Å². The Morgan fingerprint density at radius 1 is 1.15 bits per heavy atom. The van der Waals surface area contributed by atoms with E-state index < -0.39 is 0 Å². The fourth-order valence-electron chi connectivity index (χ4n) is 1.69. The zero-order chi connectivity index (χ0) is 14.7. The lowest BCUT2D eigenvalue weighted by Gasteiger charge is -2.08. The summed E-state index contributed by atoms with van der Waals surface area (Å²) in [6, 6.07) is 6.61. The molecule has 0 bridgehead atoms. The van der Waals surface area contributed by atoms with Crippen molar-refractivity contribution in [2.24, 2.45) is 0 Å². The van der Waals surface area contributed by atoms with Crippen molar-refractivity contribution in [1.29, 1.82) is 0 Å². The summed E-state index contributed by atoms with van der Waals surface area (Å²) < 4.78 is 10.1. The summed E-state index contributed by atoms with van der Waals surface area (Å²) in [6.45, 7) is 1.77. The van der Waals surface area contributed by atoms with E-state index in [4.69, 9.17) is 21.1 Å². The van der Waals surface area contributed by atoms with Gasteiger partial charge in [-0.3, -0.25) is 4.79 Å². The van der Waals surface area contributed by atoms with Crippen LogP contribution in [0.15, 0.2) is 24.3 Å². The third-order valence-electron chi connectivity index (χ3n) is 2.81. The first-order chi connectivity index (χ1) is 9.56. The van der Waals surface area contributed by atoms with E-state index in [1.54, 1.807) is 25.1 Å². The minimum absolute atomic E-state index is 0.00608. The van der Waals surface area contributed by atoms with E-state index in [1.165, 1.54) is 20.3 Å². The van der Waals surface area contributed by atoms with Crippen LogP contribution in [0.25, 0.3) is 0 Å². The molecule has 2 rings (SSSR count). The summed E-state index contributed by atoms with van der Waals surface area (Å²) in [5.41, 5.74) is 1.14. The van der Waals surface area contributed by atoms with E-state index in [-0.39, 0.29) is 23.4 Å². The third-order valence-corrected chi connectivity index (χ3v) is 3.22. The fourth-order valence-corrected chi connectivity index (χ4v) is 1.86. The smallest absolute Gasteiger partial charge is 0.230 e. The van der Waals surface area contributed by atoms with Crippen LogP contribution in [0.3, 0.4) is 0 Å². The molecule has 0 aliphatic carbocycles. The largest absolute Gasteiger partial charge is 0.481 e. The van der Waals surface area contributed by atoms with Gasteiger partial charge in [-0.2, -0.15) is 9.97 Å². The van der Waals surface area contributed by atoms with Crippen molar-refractivity contribution in [2.45, 2.75) is 6.92 Å². The van der Waals surface area contributed by atoms with Gasteiger partial charge in [-0.15, -0.1) is 0 Å². The lowest BCUT2D eigenvalue weighted by Crippen LogP contribution is -2.10. The quantitative estimate of drug-likeness (QED) is 0.811. The second-order valence-electron chi connectivity index (χ2n) is 4.02. The van der Waals surface area contributed by atoms with Gasteiger partial charge in [-0.05, 0) is 18.6 Å². The Kier molecular flexibility index (Phi) is 4.20. The lowest BCUT2D eigenvalue weighted by atomic mass is 10.0. The molecule has 0 atom stereocenters. The summed E-state index contributed by atoms with van der Waals surface area (Å²) in [4.78, 5) is 20.5.